The summed E-state index contributed by atoms with van der Waals surface area (Å²) in [5.74, 6) is -0.160. The van der Waals surface area contributed by atoms with E-state index >= 15 is 0 Å². The summed E-state index contributed by atoms with van der Waals surface area (Å²) in [6, 6.07) is 15.5. The Bertz CT molecular complexity index is 1210. The first-order valence-corrected chi connectivity index (χ1v) is 11.3. The first-order valence-electron chi connectivity index (χ1n) is 11.3. The van der Waals surface area contributed by atoms with Gasteiger partial charge in [0.1, 0.15) is 0 Å². The number of aryl methyl sites for hydroxylation is 1. The second kappa shape index (κ2) is 9.96. The van der Waals surface area contributed by atoms with Gasteiger partial charge in [0.2, 0.25) is 5.91 Å². The molecule has 1 fully saturated rings. The average molecular weight is 435 g/mol. The number of amides is 1. The molecule has 1 aromatic heterocycles. The maximum Gasteiger partial charge on any atom is 0.273 e. The lowest BCUT2D eigenvalue weighted by Gasteiger charge is -2.33. The number of nitrogens with zero attached hydrogens (tertiary/aromatic N) is 2. The van der Waals surface area contributed by atoms with Crippen molar-refractivity contribution in [3.05, 3.63) is 80.4 Å². The van der Waals surface area contributed by atoms with E-state index in [4.69, 9.17) is 0 Å². The highest BCUT2D eigenvalue weighted by Crippen LogP contribution is 2.20. The van der Waals surface area contributed by atoms with Crippen molar-refractivity contribution in [2.24, 2.45) is 0 Å². The van der Waals surface area contributed by atoms with Crippen molar-refractivity contribution in [1.29, 1.82) is 0 Å². The number of hydrogen-bond acceptors (Lipinski definition) is 4. The van der Waals surface area contributed by atoms with E-state index in [1.54, 1.807) is 24.3 Å². The molecule has 1 atom stereocenters. The summed E-state index contributed by atoms with van der Waals surface area (Å²) in [7, 11) is 0. The summed E-state index contributed by atoms with van der Waals surface area (Å²) < 4.78 is 1.22. The van der Waals surface area contributed by atoms with Crippen molar-refractivity contribution in [2.45, 2.75) is 58.3 Å². The van der Waals surface area contributed by atoms with Gasteiger partial charge in [-0.2, -0.15) is 0 Å². The molecule has 2 aromatic carbocycles. The molecule has 1 unspecified atom stereocenters. The standard InChI is InChI=1S/C25H30N4O3/c1-18-8-6-7-14-28(18)17-20-10-3-2-9-19(20)16-26-23(30)13-15-29-25(32)22-12-5-4-11-21(22)24(31)27-29/h2-5,9-12,18H,6-8,13-17H2,1H3,(H,26,30)(H,27,31). The Balaban J connectivity index is 1.37. The number of benzene rings is 2. The van der Waals surface area contributed by atoms with E-state index in [2.05, 4.69) is 34.4 Å². The molecule has 1 amide bonds. The Morgan fingerprint density at radius 1 is 1.03 bits per heavy atom. The van der Waals surface area contributed by atoms with E-state index in [1.165, 1.54) is 29.5 Å². The molecule has 2 N–H and O–H groups in total. The summed E-state index contributed by atoms with van der Waals surface area (Å²) in [6.45, 7) is 4.85. The van der Waals surface area contributed by atoms with Gasteiger partial charge in [0, 0.05) is 25.6 Å². The van der Waals surface area contributed by atoms with Crippen LogP contribution >= 0.6 is 0 Å². The monoisotopic (exact) mass is 434 g/mol. The Morgan fingerprint density at radius 2 is 1.75 bits per heavy atom. The van der Waals surface area contributed by atoms with E-state index in [-0.39, 0.29) is 30.0 Å². The zero-order valence-electron chi connectivity index (χ0n) is 18.5. The molecule has 32 heavy (non-hydrogen) atoms. The SMILES string of the molecule is CC1CCCCN1Cc1ccccc1CNC(=O)CCn1[nH]c(=O)c2ccccc2c1=O. The minimum absolute atomic E-state index is 0.111. The van der Waals surface area contributed by atoms with Gasteiger partial charge in [0.05, 0.1) is 17.3 Å². The van der Waals surface area contributed by atoms with Crippen LogP contribution in [-0.4, -0.2) is 33.2 Å². The lowest BCUT2D eigenvalue weighted by molar-refractivity contribution is -0.121. The Labute approximate surface area is 187 Å². The zero-order valence-corrected chi connectivity index (χ0v) is 18.5. The molecule has 2 heterocycles. The first kappa shape index (κ1) is 22.0. The maximum absolute atomic E-state index is 12.6. The fourth-order valence-electron chi connectivity index (χ4n) is 4.40. The number of hydrogen-bond donors (Lipinski definition) is 2. The molecule has 0 saturated carbocycles. The van der Waals surface area contributed by atoms with Gasteiger partial charge in [-0.3, -0.25) is 24.4 Å². The number of carbonyl (C=O) groups is 1. The van der Waals surface area contributed by atoms with Gasteiger partial charge >= 0.3 is 0 Å². The maximum atomic E-state index is 12.6. The number of likely N-dealkylation sites (tertiary alicyclic amines) is 1. The van der Waals surface area contributed by atoms with Gasteiger partial charge in [-0.15, -0.1) is 0 Å². The lowest BCUT2D eigenvalue weighted by Crippen LogP contribution is -2.37. The van der Waals surface area contributed by atoms with Crippen molar-refractivity contribution in [3.63, 3.8) is 0 Å². The molecule has 7 heteroatoms. The molecular weight excluding hydrogens is 404 g/mol. The van der Waals surface area contributed by atoms with Crippen molar-refractivity contribution in [2.75, 3.05) is 6.54 Å². The Morgan fingerprint density at radius 3 is 2.53 bits per heavy atom. The zero-order chi connectivity index (χ0) is 22.5. The fraction of sp³-hybridized carbons (Fsp3) is 0.400. The molecule has 1 saturated heterocycles. The average Bonchev–Trinajstić information content (AvgIpc) is 2.81. The van der Waals surface area contributed by atoms with Crippen LogP contribution in [0.1, 0.15) is 43.7 Å². The van der Waals surface area contributed by atoms with E-state index in [1.807, 2.05) is 12.1 Å². The van der Waals surface area contributed by atoms with Crippen LogP contribution in [0.25, 0.3) is 10.8 Å². The quantitative estimate of drug-likeness (QED) is 0.599. The number of nitrogens with one attached hydrogen (secondary N) is 2. The summed E-state index contributed by atoms with van der Waals surface area (Å²) in [5.41, 5.74) is 1.71. The van der Waals surface area contributed by atoms with Gasteiger partial charge in [0.15, 0.2) is 0 Å². The molecule has 1 aliphatic rings. The third kappa shape index (κ3) is 4.99. The van der Waals surface area contributed by atoms with Crippen molar-refractivity contribution >= 4 is 16.7 Å². The van der Waals surface area contributed by atoms with Crippen LogP contribution in [0.4, 0.5) is 0 Å². The summed E-state index contributed by atoms with van der Waals surface area (Å²) >= 11 is 0. The van der Waals surface area contributed by atoms with E-state index < -0.39 is 0 Å². The minimum Gasteiger partial charge on any atom is -0.352 e. The molecule has 0 radical (unpaired) electrons. The van der Waals surface area contributed by atoms with Gasteiger partial charge in [0.25, 0.3) is 11.1 Å². The number of carbonyl (C=O) groups excluding carboxylic acids is 1. The van der Waals surface area contributed by atoms with E-state index in [9.17, 15) is 14.4 Å². The predicted octanol–water partition coefficient (Wildman–Crippen LogP) is 2.77. The topological polar surface area (TPSA) is 87.2 Å². The normalized spacial score (nSPS) is 16.8. The van der Waals surface area contributed by atoms with Crippen LogP contribution in [0.2, 0.25) is 0 Å². The largest absolute Gasteiger partial charge is 0.352 e. The highest BCUT2D eigenvalue weighted by molar-refractivity contribution is 5.80. The molecule has 0 aliphatic carbocycles. The highest BCUT2D eigenvalue weighted by atomic mass is 16.2. The second-order valence-corrected chi connectivity index (χ2v) is 8.55. The fourth-order valence-corrected chi connectivity index (χ4v) is 4.40. The van der Waals surface area contributed by atoms with Crippen molar-refractivity contribution in [3.8, 4) is 0 Å². The number of aromatic nitrogens is 2. The number of rotatable bonds is 7. The summed E-state index contributed by atoms with van der Waals surface area (Å²) in [4.78, 5) is 39.8. The summed E-state index contributed by atoms with van der Waals surface area (Å²) in [6.07, 6.45) is 3.87. The molecule has 1 aliphatic heterocycles. The van der Waals surface area contributed by atoms with E-state index in [0.29, 0.717) is 23.4 Å². The Kier molecular flexibility index (Phi) is 6.85. The third-order valence-corrected chi connectivity index (χ3v) is 6.35. The molecule has 0 bridgehead atoms. The molecule has 3 aromatic rings. The van der Waals surface area contributed by atoms with Gasteiger partial charge in [-0.1, -0.05) is 42.8 Å². The third-order valence-electron chi connectivity index (χ3n) is 6.35. The van der Waals surface area contributed by atoms with Crippen LogP contribution < -0.4 is 16.4 Å². The van der Waals surface area contributed by atoms with Crippen LogP contribution in [0.3, 0.4) is 0 Å². The Hall–Kier alpha value is -3.19. The van der Waals surface area contributed by atoms with Crippen LogP contribution in [0.15, 0.2) is 58.1 Å². The molecule has 4 rings (SSSR count). The van der Waals surface area contributed by atoms with E-state index in [0.717, 1.165) is 18.7 Å². The van der Waals surface area contributed by atoms with Gasteiger partial charge < -0.3 is 5.32 Å². The first-order chi connectivity index (χ1) is 15.5. The summed E-state index contributed by atoms with van der Waals surface area (Å²) in [5, 5.41) is 6.25. The molecular formula is C25H30N4O3. The highest BCUT2D eigenvalue weighted by Gasteiger charge is 2.19. The lowest BCUT2D eigenvalue weighted by atomic mass is 10.0. The molecule has 7 nitrogen and oxygen atoms in total. The van der Waals surface area contributed by atoms with Crippen LogP contribution in [0, 0.1) is 0 Å². The molecule has 0 spiro atoms. The minimum atomic E-state index is -0.332. The van der Waals surface area contributed by atoms with Gasteiger partial charge in [-0.25, -0.2) is 4.68 Å². The predicted molar refractivity (Wildman–Crippen MR) is 125 cm³/mol. The second-order valence-electron chi connectivity index (χ2n) is 8.55. The number of piperidine rings is 1. The smallest absolute Gasteiger partial charge is 0.273 e. The van der Waals surface area contributed by atoms with Crippen LogP contribution in [-0.2, 0) is 24.4 Å². The van der Waals surface area contributed by atoms with Gasteiger partial charge in [-0.05, 0) is 49.6 Å². The number of aromatic amines is 1. The van der Waals surface area contributed by atoms with Crippen molar-refractivity contribution in [1.82, 2.24) is 20.0 Å². The number of H-pyrrole nitrogens is 1. The van der Waals surface area contributed by atoms with Crippen LogP contribution in [0.5, 0.6) is 0 Å². The number of fused-ring (bicyclic) bond motifs is 1. The molecule has 168 valence electrons. The van der Waals surface area contributed by atoms with Crippen molar-refractivity contribution < 1.29 is 4.79 Å².